The summed E-state index contributed by atoms with van der Waals surface area (Å²) in [6, 6.07) is 6.75. The molecule has 0 radical (unpaired) electrons. The summed E-state index contributed by atoms with van der Waals surface area (Å²) in [5.74, 6) is -9.48. The van der Waals surface area contributed by atoms with E-state index < -0.39 is 41.3 Å². The lowest BCUT2D eigenvalue weighted by molar-refractivity contribution is 0.276. The highest BCUT2D eigenvalue weighted by Gasteiger charge is 2.26. The molecular weight excluding hydrogens is 303 g/mol. The summed E-state index contributed by atoms with van der Waals surface area (Å²) in [4.78, 5) is 0. The second kappa shape index (κ2) is 6.34. The standard InChI is InChI=1S/C16H13F5O/c1-8(2)9-5-3-4-6-11(9)22-7-10-12(17)14(19)16(21)15(20)13(10)18/h3-6,8H,7H2,1-2H3. The molecule has 2 aromatic rings. The van der Waals surface area contributed by atoms with Gasteiger partial charge in [-0.3, -0.25) is 0 Å². The van der Waals surface area contributed by atoms with Crippen LogP contribution in [0.25, 0.3) is 0 Å². The highest BCUT2D eigenvalue weighted by Crippen LogP contribution is 2.28. The van der Waals surface area contributed by atoms with E-state index in [0.717, 1.165) is 5.56 Å². The van der Waals surface area contributed by atoms with E-state index in [9.17, 15) is 22.0 Å². The fraction of sp³-hybridized carbons (Fsp3) is 0.250. The van der Waals surface area contributed by atoms with Crippen LogP contribution in [0.5, 0.6) is 5.75 Å². The molecule has 0 amide bonds. The largest absolute Gasteiger partial charge is 0.488 e. The molecule has 0 saturated carbocycles. The first kappa shape index (κ1) is 16.3. The third-order valence-electron chi connectivity index (χ3n) is 3.21. The maximum atomic E-state index is 13.6. The Morgan fingerprint density at radius 1 is 0.818 bits per heavy atom. The normalized spacial score (nSPS) is 11.1. The molecule has 1 nitrogen and oxygen atoms in total. The van der Waals surface area contributed by atoms with Crippen LogP contribution in [0.4, 0.5) is 22.0 Å². The molecule has 0 aliphatic rings. The van der Waals surface area contributed by atoms with Crippen molar-refractivity contribution in [1.82, 2.24) is 0 Å². The van der Waals surface area contributed by atoms with Gasteiger partial charge in [-0.25, -0.2) is 22.0 Å². The molecule has 0 heterocycles. The summed E-state index contributed by atoms with van der Waals surface area (Å²) in [7, 11) is 0. The minimum Gasteiger partial charge on any atom is -0.488 e. The zero-order valence-corrected chi connectivity index (χ0v) is 11.9. The maximum absolute atomic E-state index is 13.6. The number of benzene rings is 2. The quantitative estimate of drug-likeness (QED) is 0.434. The van der Waals surface area contributed by atoms with E-state index in [2.05, 4.69) is 0 Å². The van der Waals surface area contributed by atoms with Crippen LogP contribution >= 0.6 is 0 Å². The van der Waals surface area contributed by atoms with Crippen molar-refractivity contribution in [2.45, 2.75) is 26.4 Å². The van der Waals surface area contributed by atoms with Gasteiger partial charge in [0.15, 0.2) is 23.3 Å². The first-order valence-electron chi connectivity index (χ1n) is 6.56. The molecule has 22 heavy (non-hydrogen) atoms. The second-order valence-corrected chi connectivity index (χ2v) is 5.03. The summed E-state index contributed by atoms with van der Waals surface area (Å²) in [6.45, 7) is 3.02. The molecule has 118 valence electrons. The summed E-state index contributed by atoms with van der Waals surface area (Å²) in [5, 5.41) is 0. The van der Waals surface area contributed by atoms with Crippen LogP contribution in [0, 0.1) is 29.1 Å². The van der Waals surface area contributed by atoms with E-state index in [1.165, 1.54) is 0 Å². The maximum Gasteiger partial charge on any atom is 0.200 e. The minimum atomic E-state index is -2.18. The van der Waals surface area contributed by atoms with Crippen LogP contribution in [0.15, 0.2) is 24.3 Å². The van der Waals surface area contributed by atoms with Crippen molar-refractivity contribution in [3.05, 3.63) is 64.5 Å². The predicted octanol–water partition coefficient (Wildman–Crippen LogP) is 5.08. The van der Waals surface area contributed by atoms with E-state index in [-0.39, 0.29) is 5.92 Å². The second-order valence-electron chi connectivity index (χ2n) is 5.03. The summed E-state index contributed by atoms with van der Waals surface area (Å²) >= 11 is 0. The van der Waals surface area contributed by atoms with Crippen molar-refractivity contribution in [3.63, 3.8) is 0 Å². The molecular formula is C16H13F5O. The third-order valence-corrected chi connectivity index (χ3v) is 3.21. The number of para-hydroxylation sites is 1. The van der Waals surface area contributed by atoms with Gasteiger partial charge in [0.2, 0.25) is 5.82 Å². The average molecular weight is 316 g/mol. The molecule has 0 spiro atoms. The van der Waals surface area contributed by atoms with Crippen molar-refractivity contribution < 1.29 is 26.7 Å². The molecule has 2 aromatic carbocycles. The minimum absolute atomic E-state index is 0.0765. The Bertz CT molecular complexity index is 668. The zero-order valence-electron chi connectivity index (χ0n) is 11.9. The first-order chi connectivity index (χ1) is 10.3. The van der Waals surface area contributed by atoms with Gasteiger partial charge >= 0.3 is 0 Å². The van der Waals surface area contributed by atoms with Crippen LogP contribution in [0.1, 0.15) is 30.9 Å². The van der Waals surface area contributed by atoms with Crippen LogP contribution in [-0.2, 0) is 6.61 Å². The van der Waals surface area contributed by atoms with Crippen molar-refractivity contribution in [1.29, 1.82) is 0 Å². The molecule has 0 fully saturated rings. The Kier molecular flexibility index (Phi) is 4.68. The van der Waals surface area contributed by atoms with E-state index in [0.29, 0.717) is 5.75 Å². The van der Waals surface area contributed by atoms with Gasteiger partial charge in [0.05, 0.1) is 5.56 Å². The van der Waals surface area contributed by atoms with Crippen LogP contribution in [-0.4, -0.2) is 0 Å². The van der Waals surface area contributed by atoms with Crippen LogP contribution < -0.4 is 4.74 Å². The summed E-state index contributed by atoms with van der Waals surface area (Å²) in [5.41, 5.74) is -0.221. The van der Waals surface area contributed by atoms with Crippen LogP contribution in [0.2, 0.25) is 0 Å². The Hall–Kier alpha value is -2.11. The van der Waals surface area contributed by atoms with Crippen molar-refractivity contribution >= 4 is 0 Å². The smallest absolute Gasteiger partial charge is 0.200 e. The Morgan fingerprint density at radius 3 is 1.86 bits per heavy atom. The van der Waals surface area contributed by atoms with E-state index >= 15 is 0 Å². The lowest BCUT2D eigenvalue weighted by atomic mass is 10.0. The van der Waals surface area contributed by atoms with Gasteiger partial charge in [-0.15, -0.1) is 0 Å². The number of rotatable bonds is 4. The fourth-order valence-electron chi connectivity index (χ4n) is 2.02. The molecule has 0 saturated heterocycles. The van der Waals surface area contributed by atoms with Gasteiger partial charge in [-0.1, -0.05) is 32.0 Å². The number of halogens is 5. The molecule has 0 N–H and O–H groups in total. The lowest BCUT2D eigenvalue weighted by Gasteiger charge is -2.15. The van der Waals surface area contributed by atoms with Gasteiger partial charge in [0.25, 0.3) is 0 Å². The number of ether oxygens (including phenoxy) is 1. The van der Waals surface area contributed by atoms with Crippen LogP contribution in [0.3, 0.4) is 0 Å². The van der Waals surface area contributed by atoms with Gasteiger partial charge < -0.3 is 4.74 Å². The molecule has 0 atom stereocenters. The van der Waals surface area contributed by atoms with Gasteiger partial charge in [-0.05, 0) is 17.5 Å². The van der Waals surface area contributed by atoms with Gasteiger partial charge in [0, 0.05) is 0 Å². The number of hydrogen-bond donors (Lipinski definition) is 0. The summed E-state index contributed by atoms with van der Waals surface area (Å²) < 4.78 is 71.6. The van der Waals surface area contributed by atoms with E-state index in [1.54, 1.807) is 24.3 Å². The Morgan fingerprint density at radius 2 is 1.32 bits per heavy atom. The average Bonchev–Trinajstić information content (AvgIpc) is 2.51. The lowest BCUT2D eigenvalue weighted by Crippen LogP contribution is -2.10. The van der Waals surface area contributed by atoms with E-state index in [1.807, 2.05) is 13.8 Å². The van der Waals surface area contributed by atoms with Crippen molar-refractivity contribution in [2.75, 3.05) is 0 Å². The van der Waals surface area contributed by atoms with Gasteiger partial charge in [-0.2, -0.15) is 0 Å². The monoisotopic (exact) mass is 316 g/mol. The molecule has 0 aliphatic carbocycles. The number of hydrogen-bond acceptors (Lipinski definition) is 1. The highest BCUT2D eigenvalue weighted by molar-refractivity contribution is 5.36. The van der Waals surface area contributed by atoms with E-state index in [4.69, 9.17) is 4.74 Å². The zero-order chi connectivity index (χ0) is 16.4. The van der Waals surface area contributed by atoms with Crippen molar-refractivity contribution in [3.8, 4) is 5.75 Å². The summed E-state index contributed by atoms with van der Waals surface area (Å²) in [6.07, 6.45) is 0. The van der Waals surface area contributed by atoms with Gasteiger partial charge in [0.1, 0.15) is 12.4 Å². The molecule has 0 aromatic heterocycles. The molecule has 0 bridgehead atoms. The molecule has 6 heteroatoms. The topological polar surface area (TPSA) is 9.23 Å². The predicted molar refractivity (Wildman–Crippen MR) is 71.1 cm³/mol. The Labute approximate surface area is 124 Å². The first-order valence-corrected chi connectivity index (χ1v) is 6.56. The Balaban J connectivity index is 2.34. The van der Waals surface area contributed by atoms with Crippen molar-refractivity contribution in [2.24, 2.45) is 0 Å². The fourth-order valence-corrected chi connectivity index (χ4v) is 2.02. The molecule has 2 rings (SSSR count). The molecule has 0 unspecified atom stereocenters. The third kappa shape index (κ3) is 2.91. The highest BCUT2D eigenvalue weighted by atomic mass is 19.2. The molecule has 0 aliphatic heterocycles. The SMILES string of the molecule is CC(C)c1ccccc1OCc1c(F)c(F)c(F)c(F)c1F.